The molecule has 0 saturated carbocycles. The molecule has 3 rings (SSSR count). The molecule has 2 aromatic rings. The zero-order valence-electron chi connectivity index (χ0n) is 11.3. The Kier molecular flexibility index (Phi) is 3.68. The number of hydrogen-bond donors (Lipinski definition) is 1. The van der Waals surface area contributed by atoms with Crippen LogP contribution in [0.4, 0.5) is 10.1 Å². The van der Waals surface area contributed by atoms with Crippen molar-refractivity contribution in [3.05, 3.63) is 63.4 Å². The number of rotatable bonds is 1. The van der Waals surface area contributed by atoms with Crippen LogP contribution in [-0.4, -0.2) is 17.4 Å². The Morgan fingerprint density at radius 2 is 2.00 bits per heavy atom. The lowest BCUT2D eigenvalue weighted by Gasteiger charge is -2.29. The van der Waals surface area contributed by atoms with Crippen molar-refractivity contribution in [3.63, 3.8) is 0 Å². The molecule has 0 atom stereocenters. The molecule has 108 valence electrons. The highest BCUT2D eigenvalue weighted by molar-refractivity contribution is 9.10. The third-order valence-electron chi connectivity index (χ3n) is 3.77. The van der Waals surface area contributed by atoms with Crippen LogP contribution < -0.4 is 5.73 Å². The van der Waals surface area contributed by atoms with E-state index >= 15 is 0 Å². The fourth-order valence-corrected chi connectivity index (χ4v) is 3.02. The van der Waals surface area contributed by atoms with Gasteiger partial charge in [-0.1, -0.05) is 18.2 Å². The first-order chi connectivity index (χ1) is 10.1. The summed E-state index contributed by atoms with van der Waals surface area (Å²) in [7, 11) is 0. The summed E-state index contributed by atoms with van der Waals surface area (Å²) in [5, 5.41) is 0. The number of nitrogens with two attached hydrogens (primary N) is 1. The molecule has 0 aromatic heterocycles. The Bertz CT molecular complexity index is 717. The molecule has 2 aromatic carbocycles. The van der Waals surface area contributed by atoms with E-state index in [0.717, 1.165) is 16.8 Å². The first-order valence-corrected chi connectivity index (χ1v) is 7.46. The van der Waals surface area contributed by atoms with Gasteiger partial charge in [0.05, 0.1) is 10.0 Å². The minimum atomic E-state index is -0.513. The van der Waals surface area contributed by atoms with Crippen LogP contribution >= 0.6 is 15.9 Å². The maximum atomic E-state index is 14.1. The van der Waals surface area contributed by atoms with Gasteiger partial charge in [0, 0.05) is 18.8 Å². The second kappa shape index (κ2) is 5.48. The van der Waals surface area contributed by atoms with Gasteiger partial charge in [0.2, 0.25) is 0 Å². The Balaban J connectivity index is 1.89. The van der Waals surface area contributed by atoms with E-state index in [-0.39, 0.29) is 11.5 Å². The van der Waals surface area contributed by atoms with E-state index in [9.17, 15) is 9.18 Å². The highest BCUT2D eigenvalue weighted by Crippen LogP contribution is 2.26. The average Bonchev–Trinajstić information content (AvgIpc) is 2.49. The molecule has 3 nitrogen and oxygen atoms in total. The van der Waals surface area contributed by atoms with Crippen molar-refractivity contribution in [2.75, 3.05) is 12.3 Å². The van der Waals surface area contributed by atoms with Gasteiger partial charge in [-0.05, 0) is 51.7 Å². The SMILES string of the molecule is Nc1cccc2c1CCN(C(=O)c1cccc(Br)c1F)C2. The molecule has 0 fully saturated rings. The predicted molar refractivity (Wildman–Crippen MR) is 83.4 cm³/mol. The third kappa shape index (κ3) is 2.53. The Hall–Kier alpha value is -1.88. The van der Waals surface area contributed by atoms with E-state index in [1.807, 2.05) is 18.2 Å². The number of anilines is 1. The Morgan fingerprint density at radius 1 is 1.24 bits per heavy atom. The third-order valence-corrected chi connectivity index (χ3v) is 4.38. The van der Waals surface area contributed by atoms with Gasteiger partial charge in [-0.15, -0.1) is 0 Å². The van der Waals surface area contributed by atoms with Crippen LogP contribution in [-0.2, 0) is 13.0 Å². The molecule has 0 spiro atoms. The van der Waals surface area contributed by atoms with Gasteiger partial charge in [-0.3, -0.25) is 4.79 Å². The molecule has 1 amide bonds. The number of carbonyl (C=O) groups excluding carboxylic acids is 1. The molecule has 21 heavy (non-hydrogen) atoms. The first kappa shape index (κ1) is 14.1. The maximum Gasteiger partial charge on any atom is 0.257 e. The number of halogens is 2. The minimum Gasteiger partial charge on any atom is -0.398 e. The summed E-state index contributed by atoms with van der Waals surface area (Å²) in [6.45, 7) is 1.01. The van der Waals surface area contributed by atoms with Gasteiger partial charge in [0.25, 0.3) is 5.91 Å². The molecule has 2 N–H and O–H groups in total. The van der Waals surface area contributed by atoms with E-state index in [2.05, 4.69) is 15.9 Å². The van der Waals surface area contributed by atoms with E-state index in [1.165, 1.54) is 6.07 Å². The molecule has 1 aliphatic rings. The monoisotopic (exact) mass is 348 g/mol. The van der Waals surface area contributed by atoms with Crippen LogP contribution in [0.25, 0.3) is 0 Å². The van der Waals surface area contributed by atoms with Crippen molar-refractivity contribution in [2.24, 2.45) is 0 Å². The standard InChI is InChI=1S/C16H14BrFN2O/c17-13-5-2-4-12(15(13)18)16(21)20-8-7-11-10(9-20)3-1-6-14(11)19/h1-6H,7-9,19H2. The molecule has 0 radical (unpaired) electrons. The number of nitrogen functional groups attached to an aromatic ring is 1. The number of hydrogen-bond acceptors (Lipinski definition) is 2. The van der Waals surface area contributed by atoms with Gasteiger partial charge < -0.3 is 10.6 Å². The fraction of sp³-hybridized carbons (Fsp3) is 0.188. The van der Waals surface area contributed by atoms with Gasteiger partial charge in [-0.2, -0.15) is 0 Å². The number of nitrogens with zero attached hydrogens (tertiary/aromatic N) is 1. The highest BCUT2D eigenvalue weighted by Gasteiger charge is 2.25. The van der Waals surface area contributed by atoms with Crippen molar-refractivity contribution >= 4 is 27.5 Å². The molecule has 0 saturated heterocycles. The first-order valence-electron chi connectivity index (χ1n) is 6.67. The predicted octanol–water partition coefficient (Wildman–Crippen LogP) is 3.37. The summed E-state index contributed by atoms with van der Waals surface area (Å²) in [4.78, 5) is 14.2. The second-order valence-corrected chi connectivity index (χ2v) is 5.92. The van der Waals surface area contributed by atoms with E-state index in [4.69, 9.17) is 5.73 Å². The lowest BCUT2D eigenvalue weighted by molar-refractivity contribution is 0.0730. The van der Waals surface area contributed by atoms with Crippen molar-refractivity contribution < 1.29 is 9.18 Å². The van der Waals surface area contributed by atoms with Crippen LogP contribution in [0.5, 0.6) is 0 Å². The normalized spacial score (nSPS) is 13.9. The lowest BCUT2D eigenvalue weighted by atomic mass is 9.97. The zero-order chi connectivity index (χ0) is 15.0. The molecule has 1 aliphatic heterocycles. The largest absolute Gasteiger partial charge is 0.398 e. The van der Waals surface area contributed by atoms with Crippen LogP contribution in [0.3, 0.4) is 0 Å². The average molecular weight is 349 g/mol. The maximum absolute atomic E-state index is 14.1. The molecule has 0 bridgehead atoms. The Morgan fingerprint density at radius 3 is 2.81 bits per heavy atom. The number of benzene rings is 2. The topological polar surface area (TPSA) is 46.3 Å². The van der Waals surface area contributed by atoms with Crippen molar-refractivity contribution in [2.45, 2.75) is 13.0 Å². The van der Waals surface area contributed by atoms with Crippen molar-refractivity contribution in [1.29, 1.82) is 0 Å². The van der Waals surface area contributed by atoms with Crippen molar-refractivity contribution in [3.8, 4) is 0 Å². The van der Waals surface area contributed by atoms with Crippen molar-refractivity contribution in [1.82, 2.24) is 4.90 Å². The lowest BCUT2D eigenvalue weighted by Crippen LogP contribution is -2.36. The van der Waals surface area contributed by atoms with Crippen LogP contribution in [0.1, 0.15) is 21.5 Å². The minimum absolute atomic E-state index is 0.0942. The summed E-state index contributed by atoms with van der Waals surface area (Å²) in [5.74, 6) is -0.803. The molecular formula is C16H14BrFN2O. The number of carbonyl (C=O) groups is 1. The number of fused-ring (bicyclic) bond motifs is 1. The quantitative estimate of drug-likeness (QED) is 0.803. The van der Waals surface area contributed by atoms with Crippen LogP contribution in [0.15, 0.2) is 40.9 Å². The summed E-state index contributed by atoms with van der Waals surface area (Å²) < 4.78 is 14.4. The van der Waals surface area contributed by atoms with E-state index in [1.54, 1.807) is 17.0 Å². The van der Waals surface area contributed by atoms with E-state index < -0.39 is 5.82 Å². The number of amides is 1. The molecule has 0 unspecified atom stereocenters. The van der Waals surface area contributed by atoms with Crippen LogP contribution in [0.2, 0.25) is 0 Å². The summed E-state index contributed by atoms with van der Waals surface area (Å²) in [6, 6.07) is 10.5. The van der Waals surface area contributed by atoms with Gasteiger partial charge in [-0.25, -0.2) is 4.39 Å². The van der Waals surface area contributed by atoms with E-state index in [0.29, 0.717) is 24.0 Å². The summed E-state index contributed by atoms with van der Waals surface area (Å²) >= 11 is 3.11. The molecule has 0 aliphatic carbocycles. The zero-order valence-corrected chi connectivity index (χ0v) is 12.9. The van der Waals surface area contributed by atoms with Gasteiger partial charge >= 0.3 is 0 Å². The van der Waals surface area contributed by atoms with Gasteiger partial charge in [0.15, 0.2) is 0 Å². The summed E-state index contributed by atoms with van der Waals surface area (Å²) in [5.41, 5.74) is 8.93. The summed E-state index contributed by atoms with van der Waals surface area (Å²) in [6.07, 6.45) is 0.698. The molecular weight excluding hydrogens is 335 g/mol. The fourth-order valence-electron chi connectivity index (χ4n) is 2.65. The van der Waals surface area contributed by atoms with Gasteiger partial charge in [0.1, 0.15) is 5.82 Å². The Labute approximate surface area is 130 Å². The second-order valence-electron chi connectivity index (χ2n) is 5.06. The smallest absolute Gasteiger partial charge is 0.257 e. The van der Waals surface area contributed by atoms with Crippen LogP contribution in [0, 0.1) is 5.82 Å². The molecule has 5 heteroatoms. The molecule has 1 heterocycles. The highest BCUT2D eigenvalue weighted by atomic mass is 79.9.